The van der Waals surface area contributed by atoms with Crippen LogP contribution in [0.25, 0.3) is 0 Å². The summed E-state index contributed by atoms with van der Waals surface area (Å²) in [6.45, 7) is 6.59. The Kier molecular flexibility index (Phi) is 8.48. The number of carbonyl (C=O) groups excluding carboxylic acids is 2. The minimum Gasteiger partial charge on any atom is -0.481 e. The number of carbonyl (C=O) groups is 3. The maximum absolute atomic E-state index is 13.0. The highest BCUT2D eigenvalue weighted by atomic mass is 32.1. The number of anilines is 2. The summed E-state index contributed by atoms with van der Waals surface area (Å²) >= 11 is 1.37. The summed E-state index contributed by atoms with van der Waals surface area (Å²) < 4.78 is 0. The number of nitrogens with zero attached hydrogens (tertiary/aromatic N) is 3. The summed E-state index contributed by atoms with van der Waals surface area (Å²) in [7, 11) is 0. The molecule has 2 amide bonds. The molecule has 1 saturated carbocycles. The van der Waals surface area contributed by atoms with Crippen LogP contribution in [-0.4, -0.2) is 70.4 Å². The molecule has 2 aromatic rings. The van der Waals surface area contributed by atoms with Crippen molar-refractivity contribution < 1.29 is 19.5 Å². The van der Waals surface area contributed by atoms with E-state index in [2.05, 4.69) is 25.4 Å². The van der Waals surface area contributed by atoms with E-state index in [-0.39, 0.29) is 18.1 Å². The number of thiazole rings is 1. The zero-order valence-electron chi connectivity index (χ0n) is 20.1. The number of piperazine rings is 1. The number of urea groups is 1. The first kappa shape index (κ1) is 25.3. The molecule has 2 heterocycles. The number of aromatic nitrogens is 1. The van der Waals surface area contributed by atoms with Gasteiger partial charge in [-0.25, -0.2) is 9.78 Å². The van der Waals surface area contributed by atoms with E-state index in [1.165, 1.54) is 11.3 Å². The maximum atomic E-state index is 13.0. The van der Waals surface area contributed by atoms with Gasteiger partial charge in [-0.05, 0) is 31.9 Å². The molecule has 4 rings (SSSR count). The van der Waals surface area contributed by atoms with Crippen LogP contribution in [0.5, 0.6) is 0 Å². The first-order chi connectivity index (χ1) is 16.9. The Morgan fingerprint density at radius 2 is 1.80 bits per heavy atom. The molecule has 9 nitrogen and oxygen atoms in total. The fourth-order valence-corrected chi connectivity index (χ4v) is 5.42. The van der Waals surface area contributed by atoms with Crippen LogP contribution in [0.3, 0.4) is 0 Å². The number of ketones is 1. The van der Waals surface area contributed by atoms with E-state index in [0.717, 1.165) is 63.1 Å². The van der Waals surface area contributed by atoms with Gasteiger partial charge < -0.3 is 15.3 Å². The molecule has 35 heavy (non-hydrogen) atoms. The number of hydrogen-bond acceptors (Lipinski definition) is 7. The van der Waals surface area contributed by atoms with E-state index >= 15 is 0 Å². The molecule has 1 saturated heterocycles. The van der Waals surface area contributed by atoms with Gasteiger partial charge in [0.1, 0.15) is 0 Å². The molecule has 188 valence electrons. The third-order valence-corrected chi connectivity index (χ3v) is 7.49. The maximum Gasteiger partial charge on any atom is 0.325 e. The van der Waals surface area contributed by atoms with Crippen LogP contribution >= 0.6 is 11.3 Å². The van der Waals surface area contributed by atoms with Crippen molar-refractivity contribution in [3.8, 4) is 0 Å². The summed E-state index contributed by atoms with van der Waals surface area (Å²) in [5.41, 5.74) is 2.98. The van der Waals surface area contributed by atoms with Gasteiger partial charge in [-0.2, -0.15) is 0 Å². The minimum atomic E-state index is -0.766. The number of nitrogens with one attached hydrogen (secondary N) is 2. The van der Waals surface area contributed by atoms with Gasteiger partial charge in [0.25, 0.3) is 0 Å². The number of rotatable bonds is 9. The van der Waals surface area contributed by atoms with Gasteiger partial charge in [0.15, 0.2) is 10.9 Å². The zero-order chi connectivity index (χ0) is 24.8. The number of hydrogen-bond donors (Lipinski definition) is 3. The number of carboxylic acid groups (broad SMARTS) is 1. The lowest BCUT2D eigenvalue weighted by atomic mass is 9.94. The van der Waals surface area contributed by atoms with E-state index in [1.54, 1.807) is 6.07 Å². The molecule has 10 heteroatoms. The fraction of sp³-hybridized carbons (Fsp3) is 0.520. The van der Waals surface area contributed by atoms with E-state index in [1.807, 2.05) is 24.4 Å². The Bertz CT molecular complexity index is 1060. The molecule has 1 aromatic carbocycles. The average molecular weight is 500 g/mol. The number of Topliss-reactive ketones (excluding diaryl/α,β-unsaturated/α-hetero) is 1. The van der Waals surface area contributed by atoms with Crippen molar-refractivity contribution in [1.82, 2.24) is 14.8 Å². The Morgan fingerprint density at radius 3 is 2.51 bits per heavy atom. The Balaban J connectivity index is 1.29. The van der Waals surface area contributed by atoms with Crippen molar-refractivity contribution in [2.75, 3.05) is 43.4 Å². The quantitative estimate of drug-likeness (QED) is 0.446. The van der Waals surface area contributed by atoms with Gasteiger partial charge in [-0.15, -0.1) is 11.3 Å². The summed E-state index contributed by atoms with van der Waals surface area (Å²) in [4.78, 5) is 45.4. The van der Waals surface area contributed by atoms with Crippen LogP contribution < -0.4 is 10.6 Å². The van der Waals surface area contributed by atoms with Crippen LogP contribution in [0.2, 0.25) is 0 Å². The lowest BCUT2D eigenvalue weighted by molar-refractivity contribution is -0.137. The van der Waals surface area contributed by atoms with E-state index in [4.69, 9.17) is 5.11 Å². The molecule has 0 radical (unpaired) electrons. The average Bonchev–Trinajstić information content (AvgIpc) is 3.52. The molecular formula is C25H33N5O4S. The number of carboxylic acids is 1. The fourth-order valence-electron chi connectivity index (χ4n) is 4.72. The third kappa shape index (κ3) is 7.09. The Hall–Kier alpha value is -2.82. The Morgan fingerprint density at radius 1 is 1.09 bits per heavy atom. The molecule has 1 aliphatic heterocycles. The van der Waals surface area contributed by atoms with Gasteiger partial charge in [-0.3, -0.25) is 19.8 Å². The van der Waals surface area contributed by atoms with Crippen LogP contribution in [0, 0.1) is 12.8 Å². The van der Waals surface area contributed by atoms with Gasteiger partial charge in [-0.1, -0.05) is 24.5 Å². The molecule has 0 unspecified atom stereocenters. The molecular weight excluding hydrogens is 466 g/mol. The smallest absolute Gasteiger partial charge is 0.325 e. The van der Waals surface area contributed by atoms with Crippen LogP contribution in [-0.2, 0) is 11.3 Å². The van der Waals surface area contributed by atoms with Gasteiger partial charge in [0.2, 0.25) is 0 Å². The second-order valence-corrected chi connectivity index (χ2v) is 10.2. The largest absolute Gasteiger partial charge is 0.481 e. The monoisotopic (exact) mass is 499 g/mol. The van der Waals surface area contributed by atoms with E-state index < -0.39 is 12.0 Å². The van der Waals surface area contributed by atoms with Crippen molar-refractivity contribution in [3.63, 3.8) is 0 Å². The lowest BCUT2D eigenvalue weighted by Gasteiger charge is -2.34. The molecule has 0 bridgehead atoms. The van der Waals surface area contributed by atoms with Crippen LogP contribution in [0.4, 0.5) is 15.6 Å². The highest BCUT2D eigenvalue weighted by Gasteiger charge is 2.26. The highest BCUT2D eigenvalue weighted by molar-refractivity contribution is 7.13. The van der Waals surface area contributed by atoms with Crippen molar-refractivity contribution >= 4 is 39.9 Å². The van der Waals surface area contributed by atoms with E-state index in [9.17, 15) is 14.4 Å². The number of aliphatic carboxylic acids is 1. The summed E-state index contributed by atoms with van der Waals surface area (Å²) in [6, 6.07) is 5.13. The third-order valence-electron chi connectivity index (χ3n) is 6.68. The van der Waals surface area contributed by atoms with Crippen LogP contribution in [0.15, 0.2) is 23.6 Å². The van der Waals surface area contributed by atoms with Gasteiger partial charge in [0.05, 0.1) is 17.8 Å². The Labute approximate surface area is 209 Å². The van der Waals surface area contributed by atoms with Crippen molar-refractivity contribution in [2.24, 2.45) is 5.92 Å². The number of benzene rings is 1. The second kappa shape index (κ2) is 11.7. The molecule has 2 aliphatic rings. The molecule has 3 N–H and O–H groups in total. The van der Waals surface area contributed by atoms with Gasteiger partial charge in [0, 0.05) is 56.1 Å². The minimum absolute atomic E-state index is 0.0426. The number of amides is 2. The summed E-state index contributed by atoms with van der Waals surface area (Å²) in [6.07, 6.45) is 4.16. The SMILES string of the molecule is Cc1ccc(NC(=O)Nc2nc(CN3CCN(CCC(=O)O)CC3)cs2)c(C(=O)C2CCCC2)c1. The predicted molar refractivity (Wildman–Crippen MR) is 136 cm³/mol. The summed E-state index contributed by atoms with van der Waals surface area (Å²) in [5.74, 6) is -0.611. The molecule has 2 fully saturated rings. The normalized spacial score (nSPS) is 17.4. The zero-order valence-corrected chi connectivity index (χ0v) is 20.9. The first-order valence-electron chi connectivity index (χ1n) is 12.2. The van der Waals surface area contributed by atoms with E-state index in [0.29, 0.717) is 29.5 Å². The number of aryl methyl sites for hydroxylation is 1. The second-order valence-electron chi connectivity index (χ2n) is 9.38. The van der Waals surface area contributed by atoms with Crippen molar-refractivity contribution in [2.45, 2.75) is 45.6 Å². The topological polar surface area (TPSA) is 115 Å². The van der Waals surface area contributed by atoms with Gasteiger partial charge >= 0.3 is 12.0 Å². The summed E-state index contributed by atoms with van der Waals surface area (Å²) in [5, 5.41) is 16.9. The van der Waals surface area contributed by atoms with Crippen molar-refractivity contribution in [1.29, 1.82) is 0 Å². The molecule has 1 aromatic heterocycles. The highest BCUT2D eigenvalue weighted by Crippen LogP contribution is 2.31. The predicted octanol–water partition coefficient (Wildman–Crippen LogP) is 4.06. The van der Waals surface area contributed by atoms with Crippen LogP contribution in [0.1, 0.15) is 53.7 Å². The molecule has 0 atom stereocenters. The lowest BCUT2D eigenvalue weighted by Crippen LogP contribution is -2.46. The molecule has 1 aliphatic carbocycles. The van der Waals surface area contributed by atoms with Crippen molar-refractivity contribution in [3.05, 3.63) is 40.4 Å². The molecule has 0 spiro atoms. The standard InChI is InChI=1S/C25H33N5O4S/c1-17-6-7-21(20(14-17)23(33)18-4-2-3-5-18)27-24(34)28-25-26-19(16-35-25)15-30-12-10-29(11-13-30)9-8-22(31)32/h6-7,14,16,18H,2-5,8-13,15H2,1H3,(H,31,32)(H2,26,27,28,34). The first-order valence-corrected chi connectivity index (χ1v) is 13.1.